The van der Waals surface area contributed by atoms with Gasteiger partial charge in [-0.1, -0.05) is 33.6 Å². The second kappa shape index (κ2) is 7.25. The predicted molar refractivity (Wildman–Crippen MR) is 78.7 cm³/mol. The van der Waals surface area contributed by atoms with Crippen LogP contribution in [0.15, 0.2) is 0 Å². The molecule has 3 N–H and O–H groups in total. The first-order valence-electron chi connectivity index (χ1n) is 7.10. The lowest BCUT2D eigenvalue weighted by Crippen LogP contribution is -2.50. The number of rotatable bonds is 7. The standard InChI is InChI=1S/C15H32N2O/c1-14(2,3)13(18)12(17-15(4,5)6)10-8-7-9-11-16/h12,17H,7-11,16H2,1-6H3/t12-/m0/s1. The molecule has 0 aliphatic carbocycles. The average Bonchev–Trinajstić information content (AvgIpc) is 2.18. The second-order valence-corrected chi connectivity index (χ2v) is 7.20. The van der Waals surface area contributed by atoms with E-state index in [1.165, 1.54) is 0 Å². The van der Waals surface area contributed by atoms with Crippen LogP contribution in [0.3, 0.4) is 0 Å². The highest BCUT2D eigenvalue weighted by atomic mass is 16.1. The maximum absolute atomic E-state index is 12.4. The number of hydrogen-bond donors (Lipinski definition) is 2. The van der Waals surface area contributed by atoms with E-state index < -0.39 is 0 Å². The summed E-state index contributed by atoms with van der Waals surface area (Å²) in [5.41, 5.74) is 5.18. The lowest BCUT2D eigenvalue weighted by Gasteiger charge is -2.31. The zero-order valence-corrected chi connectivity index (χ0v) is 13.1. The molecule has 0 amide bonds. The van der Waals surface area contributed by atoms with Crippen LogP contribution in [0.25, 0.3) is 0 Å². The van der Waals surface area contributed by atoms with Gasteiger partial charge in [0.2, 0.25) is 0 Å². The number of hydrogen-bond acceptors (Lipinski definition) is 3. The lowest BCUT2D eigenvalue weighted by molar-refractivity contribution is -0.129. The predicted octanol–water partition coefficient (Wildman–Crippen LogP) is 2.88. The SMILES string of the molecule is CC(C)(C)N[C@@H](CCCCCN)C(=O)C(C)(C)C. The highest BCUT2D eigenvalue weighted by Crippen LogP contribution is 2.21. The van der Waals surface area contributed by atoms with E-state index in [1.54, 1.807) is 0 Å². The van der Waals surface area contributed by atoms with Crippen molar-refractivity contribution < 1.29 is 4.79 Å². The van der Waals surface area contributed by atoms with Crippen LogP contribution >= 0.6 is 0 Å². The molecule has 0 saturated carbocycles. The molecule has 0 radical (unpaired) electrons. The Balaban J connectivity index is 4.49. The summed E-state index contributed by atoms with van der Waals surface area (Å²) < 4.78 is 0. The molecule has 0 aliphatic rings. The van der Waals surface area contributed by atoms with Gasteiger partial charge in [0.15, 0.2) is 5.78 Å². The Morgan fingerprint density at radius 3 is 2.00 bits per heavy atom. The van der Waals surface area contributed by atoms with Crippen molar-refractivity contribution in [1.29, 1.82) is 0 Å². The molecular formula is C15H32N2O. The van der Waals surface area contributed by atoms with Crippen molar-refractivity contribution in [1.82, 2.24) is 5.32 Å². The summed E-state index contributed by atoms with van der Waals surface area (Å²) in [6.07, 6.45) is 4.13. The molecule has 0 rings (SSSR count). The van der Waals surface area contributed by atoms with Crippen LogP contribution in [0.4, 0.5) is 0 Å². The summed E-state index contributed by atoms with van der Waals surface area (Å²) >= 11 is 0. The number of carbonyl (C=O) groups excluding carboxylic acids is 1. The van der Waals surface area contributed by atoms with Gasteiger partial charge in [-0.3, -0.25) is 4.79 Å². The maximum Gasteiger partial charge on any atom is 0.155 e. The zero-order valence-electron chi connectivity index (χ0n) is 13.1. The summed E-state index contributed by atoms with van der Waals surface area (Å²) in [6, 6.07) is -0.0391. The molecule has 0 aromatic carbocycles. The summed E-state index contributed by atoms with van der Waals surface area (Å²) in [5, 5.41) is 3.46. The van der Waals surface area contributed by atoms with Crippen LogP contribution in [0.1, 0.15) is 67.2 Å². The number of unbranched alkanes of at least 4 members (excludes halogenated alkanes) is 2. The Labute approximate surface area is 113 Å². The van der Waals surface area contributed by atoms with Crippen LogP contribution in [0.5, 0.6) is 0 Å². The smallest absolute Gasteiger partial charge is 0.155 e. The molecule has 0 aromatic rings. The first-order valence-corrected chi connectivity index (χ1v) is 7.10. The first-order chi connectivity index (χ1) is 8.08. The van der Waals surface area contributed by atoms with E-state index in [2.05, 4.69) is 26.1 Å². The van der Waals surface area contributed by atoms with Gasteiger partial charge in [-0.25, -0.2) is 0 Å². The normalized spacial score (nSPS) is 14.6. The van der Waals surface area contributed by atoms with Crippen molar-refractivity contribution in [3.05, 3.63) is 0 Å². The number of nitrogens with two attached hydrogens (primary N) is 1. The molecule has 0 bridgehead atoms. The fraction of sp³-hybridized carbons (Fsp3) is 0.933. The highest BCUT2D eigenvalue weighted by Gasteiger charge is 2.31. The van der Waals surface area contributed by atoms with Gasteiger partial charge in [0.25, 0.3) is 0 Å². The molecule has 3 nitrogen and oxygen atoms in total. The van der Waals surface area contributed by atoms with Crippen LogP contribution in [-0.2, 0) is 4.79 Å². The topological polar surface area (TPSA) is 55.1 Å². The molecular weight excluding hydrogens is 224 g/mol. The molecule has 0 heterocycles. The van der Waals surface area contributed by atoms with Crippen LogP contribution in [0.2, 0.25) is 0 Å². The van der Waals surface area contributed by atoms with Gasteiger partial charge < -0.3 is 11.1 Å². The summed E-state index contributed by atoms with van der Waals surface area (Å²) in [5.74, 6) is 0.310. The Bertz CT molecular complexity index is 248. The quantitative estimate of drug-likeness (QED) is 0.689. The van der Waals surface area contributed by atoms with Crippen molar-refractivity contribution in [2.45, 2.75) is 78.8 Å². The molecule has 108 valence electrons. The van der Waals surface area contributed by atoms with Gasteiger partial charge in [0.05, 0.1) is 6.04 Å². The Morgan fingerprint density at radius 2 is 1.61 bits per heavy atom. The number of carbonyl (C=O) groups is 1. The number of ketones is 1. The van der Waals surface area contributed by atoms with Gasteiger partial charge in [-0.05, 0) is 40.2 Å². The third-order valence-electron chi connectivity index (χ3n) is 2.86. The maximum atomic E-state index is 12.4. The fourth-order valence-corrected chi connectivity index (χ4v) is 1.98. The summed E-state index contributed by atoms with van der Waals surface area (Å²) in [7, 11) is 0. The highest BCUT2D eigenvalue weighted by molar-refractivity contribution is 5.88. The third-order valence-corrected chi connectivity index (χ3v) is 2.86. The molecule has 0 saturated heterocycles. The van der Waals surface area contributed by atoms with Crippen molar-refractivity contribution in [3.63, 3.8) is 0 Å². The first kappa shape index (κ1) is 17.6. The molecule has 1 atom stereocenters. The van der Waals surface area contributed by atoms with Crippen molar-refractivity contribution in [2.24, 2.45) is 11.1 Å². The second-order valence-electron chi connectivity index (χ2n) is 7.20. The molecule has 3 heteroatoms. The largest absolute Gasteiger partial charge is 0.330 e. The number of Topliss-reactive ketones (excluding diaryl/α,β-unsaturated/α-hetero) is 1. The monoisotopic (exact) mass is 256 g/mol. The van der Waals surface area contributed by atoms with E-state index in [-0.39, 0.29) is 17.0 Å². The van der Waals surface area contributed by atoms with Gasteiger partial charge in [-0.2, -0.15) is 0 Å². The lowest BCUT2D eigenvalue weighted by atomic mass is 9.83. The van der Waals surface area contributed by atoms with Crippen LogP contribution in [-0.4, -0.2) is 23.9 Å². The molecule has 0 unspecified atom stereocenters. The van der Waals surface area contributed by atoms with E-state index >= 15 is 0 Å². The van der Waals surface area contributed by atoms with E-state index in [0.29, 0.717) is 5.78 Å². The third kappa shape index (κ3) is 7.83. The minimum absolute atomic E-state index is 0.0283. The Hall–Kier alpha value is -0.410. The van der Waals surface area contributed by atoms with Crippen molar-refractivity contribution >= 4 is 5.78 Å². The molecule has 0 spiro atoms. The Morgan fingerprint density at radius 1 is 1.06 bits per heavy atom. The number of nitrogens with one attached hydrogen (secondary N) is 1. The van der Waals surface area contributed by atoms with Gasteiger partial charge in [0.1, 0.15) is 0 Å². The molecule has 0 fully saturated rings. The van der Waals surface area contributed by atoms with Crippen molar-refractivity contribution in [3.8, 4) is 0 Å². The van der Waals surface area contributed by atoms with E-state index in [9.17, 15) is 4.79 Å². The minimum atomic E-state index is -0.281. The van der Waals surface area contributed by atoms with Gasteiger partial charge in [-0.15, -0.1) is 0 Å². The minimum Gasteiger partial charge on any atom is -0.330 e. The Kier molecular flexibility index (Phi) is 7.08. The van der Waals surface area contributed by atoms with Gasteiger partial charge >= 0.3 is 0 Å². The molecule has 18 heavy (non-hydrogen) atoms. The molecule has 0 aliphatic heterocycles. The van der Waals surface area contributed by atoms with E-state index in [1.807, 2.05) is 20.8 Å². The van der Waals surface area contributed by atoms with Gasteiger partial charge in [0, 0.05) is 11.0 Å². The summed E-state index contributed by atoms with van der Waals surface area (Å²) in [4.78, 5) is 12.4. The van der Waals surface area contributed by atoms with Crippen LogP contribution < -0.4 is 11.1 Å². The van der Waals surface area contributed by atoms with E-state index in [0.717, 1.165) is 32.2 Å². The molecule has 0 aromatic heterocycles. The van der Waals surface area contributed by atoms with E-state index in [4.69, 9.17) is 5.73 Å². The van der Waals surface area contributed by atoms with Crippen LogP contribution in [0, 0.1) is 5.41 Å². The fourth-order valence-electron chi connectivity index (χ4n) is 1.98. The summed E-state index contributed by atoms with van der Waals surface area (Å²) in [6.45, 7) is 13.0. The van der Waals surface area contributed by atoms with Crippen molar-refractivity contribution in [2.75, 3.05) is 6.54 Å². The zero-order chi connectivity index (χ0) is 14.4. The average molecular weight is 256 g/mol.